The van der Waals surface area contributed by atoms with Crippen LogP contribution in [-0.2, 0) is 0 Å². The number of para-hydroxylation sites is 1. The normalized spacial score (nSPS) is 12.2. The van der Waals surface area contributed by atoms with E-state index >= 15 is 0 Å². The minimum atomic E-state index is -0.522. The van der Waals surface area contributed by atoms with Crippen LogP contribution in [0.3, 0.4) is 0 Å². The summed E-state index contributed by atoms with van der Waals surface area (Å²) in [4.78, 5) is 6.46. The molecule has 0 radical (unpaired) electrons. The van der Waals surface area contributed by atoms with E-state index < -0.39 is 6.10 Å². The van der Waals surface area contributed by atoms with Gasteiger partial charge in [0.25, 0.3) is 0 Å². The Balaban J connectivity index is 2.28. The van der Waals surface area contributed by atoms with Gasteiger partial charge in [-0.3, -0.25) is 4.98 Å². The molecule has 0 fully saturated rings. The van der Waals surface area contributed by atoms with Crippen LogP contribution in [0, 0.1) is 0 Å². The summed E-state index contributed by atoms with van der Waals surface area (Å²) < 4.78 is 0. The number of hydrogen-bond donors (Lipinski definition) is 1. The number of aromatic nitrogens is 1. The summed E-state index contributed by atoms with van der Waals surface area (Å²) in [5.74, 6) is 0. The molecule has 2 rings (SSSR count). The van der Waals surface area contributed by atoms with Crippen molar-refractivity contribution in [3.8, 4) is 0 Å². The maximum absolute atomic E-state index is 9.45. The van der Waals surface area contributed by atoms with Gasteiger partial charge < -0.3 is 10.0 Å². The van der Waals surface area contributed by atoms with Crippen molar-refractivity contribution in [2.45, 2.75) is 20.0 Å². The smallest absolute Gasteiger partial charge is 0.0931 e. The van der Waals surface area contributed by atoms with E-state index in [1.807, 2.05) is 30.3 Å². The molecule has 0 aliphatic heterocycles. The van der Waals surface area contributed by atoms with Crippen LogP contribution in [0.5, 0.6) is 0 Å². The van der Waals surface area contributed by atoms with E-state index in [2.05, 4.69) is 28.9 Å². The Morgan fingerprint density at radius 1 is 1.11 bits per heavy atom. The highest BCUT2D eigenvalue weighted by Gasteiger charge is 2.08. The van der Waals surface area contributed by atoms with E-state index in [4.69, 9.17) is 0 Å². The van der Waals surface area contributed by atoms with Crippen LogP contribution in [0.2, 0.25) is 0 Å². The van der Waals surface area contributed by atoms with Gasteiger partial charge in [0.15, 0.2) is 0 Å². The second-order valence-corrected chi connectivity index (χ2v) is 4.20. The van der Waals surface area contributed by atoms with Crippen LogP contribution >= 0.6 is 0 Å². The van der Waals surface area contributed by atoms with Crippen molar-refractivity contribution in [2.24, 2.45) is 0 Å². The molecule has 3 heteroatoms. The van der Waals surface area contributed by atoms with Gasteiger partial charge in [0.05, 0.1) is 23.7 Å². The van der Waals surface area contributed by atoms with Crippen LogP contribution < -0.4 is 4.90 Å². The number of aliphatic hydroxyl groups is 1. The van der Waals surface area contributed by atoms with Crippen molar-refractivity contribution in [2.75, 3.05) is 11.4 Å². The predicted octanol–water partition coefficient (Wildman–Crippen LogP) is 3.29. The third kappa shape index (κ3) is 2.68. The number of aliphatic hydroxyl groups excluding tert-OH is 1. The zero-order valence-electron chi connectivity index (χ0n) is 10.7. The number of nitrogens with zero attached hydrogens (tertiary/aromatic N) is 2. The molecule has 0 aliphatic rings. The van der Waals surface area contributed by atoms with E-state index in [1.54, 1.807) is 13.1 Å². The van der Waals surface area contributed by atoms with E-state index in [9.17, 15) is 5.11 Å². The Hall–Kier alpha value is -1.87. The second-order valence-electron chi connectivity index (χ2n) is 4.20. The van der Waals surface area contributed by atoms with Crippen molar-refractivity contribution in [1.29, 1.82) is 0 Å². The van der Waals surface area contributed by atoms with Crippen molar-refractivity contribution < 1.29 is 5.11 Å². The Morgan fingerprint density at radius 3 is 2.33 bits per heavy atom. The van der Waals surface area contributed by atoms with E-state index in [-0.39, 0.29) is 0 Å². The Morgan fingerprint density at radius 2 is 1.83 bits per heavy atom. The fraction of sp³-hybridized carbons (Fsp3) is 0.267. The van der Waals surface area contributed by atoms with E-state index in [1.165, 1.54) is 0 Å². The van der Waals surface area contributed by atoms with Gasteiger partial charge in [0.2, 0.25) is 0 Å². The largest absolute Gasteiger partial charge is 0.387 e. The highest BCUT2D eigenvalue weighted by Crippen LogP contribution is 2.24. The van der Waals surface area contributed by atoms with E-state index in [0.717, 1.165) is 17.9 Å². The van der Waals surface area contributed by atoms with Gasteiger partial charge in [-0.25, -0.2) is 0 Å². The van der Waals surface area contributed by atoms with Gasteiger partial charge in [-0.2, -0.15) is 0 Å². The molecule has 1 aromatic carbocycles. The van der Waals surface area contributed by atoms with Crippen LogP contribution in [-0.4, -0.2) is 16.6 Å². The van der Waals surface area contributed by atoms with Gasteiger partial charge >= 0.3 is 0 Å². The number of benzene rings is 1. The maximum Gasteiger partial charge on any atom is 0.0931 e. The van der Waals surface area contributed by atoms with Gasteiger partial charge in [0.1, 0.15) is 0 Å². The van der Waals surface area contributed by atoms with Gasteiger partial charge in [-0.05, 0) is 38.1 Å². The first-order valence-electron chi connectivity index (χ1n) is 6.19. The molecule has 2 aromatic rings. The molecule has 0 saturated heterocycles. The molecule has 1 unspecified atom stereocenters. The van der Waals surface area contributed by atoms with Crippen molar-refractivity contribution >= 4 is 11.4 Å². The molecule has 0 spiro atoms. The first-order valence-corrected chi connectivity index (χ1v) is 6.19. The Labute approximate surface area is 108 Å². The Kier molecular flexibility index (Phi) is 3.95. The molecule has 0 aliphatic carbocycles. The standard InChI is InChI=1S/C15H18N2O/c1-3-17(13-7-5-4-6-8-13)14-9-10-15(12(2)18)16-11-14/h4-12,18H,3H2,1-2H3. The average Bonchev–Trinajstić information content (AvgIpc) is 2.41. The molecule has 0 saturated carbocycles. The lowest BCUT2D eigenvalue weighted by Gasteiger charge is -2.23. The minimum absolute atomic E-state index is 0.522. The predicted molar refractivity (Wildman–Crippen MR) is 74.0 cm³/mol. The third-order valence-corrected chi connectivity index (χ3v) is 2.89. The molecule has 1 heterocycles. The quantitative estimate of drug-likeness (QED) is 0.893. The van der Waals surface area contributed by atoms with Crippen LogP contribution in [0.15, 0.2) is 48.7 Å². The zero-order valence-corrected chi connectivity index (χ0v) is 10.7. The highest BCUT2D eigenvalue weighted by atomic mass is 16.3. The molecular weight excluding hydrogens is 224 g/mol. The SMILES string of the molecule is CCN(c1ccccc1)c1ccc(C(C)O)nc1. The fourth-order valence-electron chi connectivity index (χ4n) is 1.93. The molecular formula is C15H18N2O. The van der Waals surface area contributed by atoms with Crippen molar-refractivity contribution in [3.05, 3.63) is 54.4 Å². The summed E-state index contributed by atoms with van der Waals surface area (Å²) in [7, 11) is 0. The number of hydrogen-bond acceptors (Lipinski definition) is 3. The summed E-state index contributed by atoms with van der Waals surface area (Å²) in [5.41, 5.74) is 2.88. The lowest BCUT2D eigenvalue weighted by atomic mass is 10.2. The maximum atomic E-state index is 9.45. The molecule has 1 atom stereocenters. The average molecular weight is 242 g/mol. The highest BCUT2D eigenvalue weighted by molar-refractivity contribution is 5.62. The zero-order chi connectivity index (χ0) is 13.0. The van der Waals surface area contributed by atoms with Crippen LogP contribution in [0.4, 0.5) is 11.4 Å². The first-order chi connectivity index (χ1) is 8.72. The molecule has 3 nitrogen and oxygen atoms in total. The van der Waals surface area contributed by atoms with Gasteiger partial charge in [-0.15, -0.1) is 0 Å². The Bertz CT molecular complexity index is 480. The summed E-state index contributed by atoms with van der Waals surface area (Å²) >= 11 is 0. The summed E-state index contributed by atoms with van der Waals surface area (Å²) in [6.07, 6.45) is 1.28. The number of anilines is 2. The monoisotopic (exact) mass is 242 g/mol. The van der Waals surface area contributed by atoms with Crippen LogP contribution in [0.1, 0.15) is 25.6 Å². The minimum Gasteiger partial charge on any atom is -0.387 e. The summed E-state index contributed by atoms with van der Waals surface area (Å²) in [5, 5.41) is 9.45. The second kappa shape index (κ2) is 5.65. The molecule has 1 N–H and O–H groups in total. The fourth-order valence-corrected chi connectivity index (χ4v) is 1.93. The molecule has 94 valence electrons. The van der Waals surface area contributed by atoms with Crippen molar-refractivity contribution in [1.82, 2.24) is 4.98 Å². The topological polar surface area (TPSA) is 36.4 Å². The summed E-state index contributed by atoms with van der Waals surface area (Å²) in [6.45, 7) is 4.70. The van der Waals surface area contributed by atoms with Gasteiger partial charge in [-0.1, -0.05) is 18.2 Å². The number of rotatable bonds is 4. The lowest BCUT2D eigenvalue weighted by molar-refractivity contribution is 0.194. The molecule has 1 aromatic heterocycles. The molecule has 0 amide bonds. The van der Waals surface area contributed by atoms with Gasteiger partial charge in [0, 0.05) is 12.2 Å². The first kappa shape index (κ1) is 12.6. The third-order valence-electron chi connectivity index (χ3n) is 2.89. The number of pyridine rings is 1. The molecule has 18 heavy (non-hydrogen) atoms. The van der Waals surface area contributed by atoms with Crippen molar-refractivity contribution in [3.63, 3.8) is 0 Å². The molecule has 0 bridgehead atoms. The van der Waals surface area contributed by atoms with Crippen LogP contribution in [0.25, 0.3) is 0 Å². The lowest BCUT2D eigenvalue weighted by Crippen LogP contribution is -2.16. The summed E-state index contributed by atoms with van der Waals surface area (Å²) in [6, 6.07) is 14.1. The van der Waals surface area contributed by atoms with E-state index in [0.29, 0.717) is 5.69 Å².